The molecule has 0 aromatic carbocycles. The molecule has 7 heteroatoms. The Morgan fingerprint density at radius 2 is 2.38 bits per heavy atom. The highest BCUT2D eigenvalue weighted by atomic mass is 16.2. The second kappa shape index (κ2) is 5.48. The summed E-state index contributed by atoms with van der Waals surface area (Å²) < 4.78 is 0. The molecule has 2 unspecified atom stereocenters. The Bertz CT molecular complexity index is 824. The third-order valence-electron chi connectivity index (χ3n) is 5.53. The van der Waals surface area contributed by atoms with Gasteiger partial charge in [-0.15, -0.1) is 0 Å². The van der Waals surface area contributed by atoms with Crippen LogP contribution in [0.1, 0.15) is 32.6 Å². The molecule has 4 heterocycles. The summed E-state index contributed by atoms with van der Waals surface area (Å²) >= 11 is 0. The van der Waals surface area contributed by atoms with E-state index in [1.807, 2.05) is 23.2 Å². The van der Waals surface area contributed by atoms with Gasteiger partial charge in [0.1, 0.15) is 24.2 Å². The van der Waals surface area contributed by atoms with Gasteiger partial charge < -0.3 is 14.8 Å². The number of carbonyl (C=O) groups excluding carboxylic acids is 1. The molecule has 0 aliphatic carbocycles. The molecule has 0 saturated carbocycles. The molecule has 1 spiro atoms. The molecule has 1 amide bonds. The zero-order valence-electron chi connectivity index (χ0n) is 13.7. The molecule has 2 aliphatic heterocycles. The number of carbonyl (C=O) groups is 1. The minimum absolute atomic E-state index is 0.0349. The second-order valence-corrected chi connectivity index (χ2v) is 6.81. The van der Waals surface area contributed by atoms with E-state index in [2.05, 4.69) is 26.8 Å². The quantitative estimate of drug-likeness (QED) is 0.910. The van der Waals surface area contributed by atoms with Crippen molar-refractivity contribution in [2.75, 3.05) is 18.0 Å². The van der Waals surface area contributed by atoms with E-state index in [9.17, 15) is 4.79 Å². The standard InChI is InChI=1S/C17H20N6O/c1-12-2-5-17(6-9-23(17)14(24)3-7-18)10-22(12)16-13-4-8-19-15(13)20-11-21-16/h4,8,11-12H,2-3,5-6,9-10H2,1H3,(H,19,20,21). The first-order valence-corrected chi connectivity index (χ1v) is 8.37. The minimum Gasteiger partial charge on any atom is -0.351 e. The summed E-state index contributed by atoms with van der Waals surface area (Å²) in [7, 11) is 0. The van der Waals surface area contributed by atoms with Crippen molar-refractivity contribution in [3.05, 3.63) is 18.6 Å². The van der Waals surface area contributed by atoms with E-state index in [1.54, 1.807) is 6.33 Å². The van der Waals surface area contributed by atoms with Crippen molar-refractivity contribution in [2.45, 2.75) is 44.2 Å². The largest absolute Gasteiger partial charge is 0.351 e. The van der Waals surface area contributed by atoms with E-state index in [1.165, 1.54) is 0 Å². The van der Waals surface area contributed by atoms with E-state index >= 15 is 0 Å². The molecule has 2 fully saturated rings. The van der Waals surface area contributed by atoms with Crippen LogP contribution in [-0.2, 0) is 4.79 Å². The van der Waals surface area contributed by atoms with Crippen LogP contribution in [0.2, 0.25) is 0 Å². The van der Waals surface area contributed by atoms with Gasteiger partial charge in [0.05, 0.1) is 17.0 Å². The Balaban J connectivity index is 1.66. The summed E-state index contributed by atoms with van der Waals surface area (Å²) in [4.78, 5) is 28.4. The molecule has 2 aliphatic rings. The molecule has 2 aromatic rings. The van der Waals surface area contributed by atoms with Gasteiger partial charge >= 0.3 is 0 Å². The number of hydrogen-bond donors (Lipinski definition) is 1. The van der Waals surface area contributed by atoms with Crippen molar-refractivity contribution in [1.82, 2.24) is 19.9 Å². The van der Waals surface area contributed by atoms with Crippen LogP contribution in [0.15, 0.2) is 18.6 Å². The third kappa shape index (κ3) is 2.13. The highest BCUT2D eigenvalue weighted by Gasteiger charge is 2.51. The second-order valence-electron chi connectivity index (χ2n) is 6.81. The van der Waals surface area contributed by atoms with Crippen LogP contribution in [0.4, 0.5) is 5.82 Å². The van der Waals surface area contributed by atoms with Gasteiger partial charge in [-0.1, -0.05) is 0 Å². The number of aromatic nitrogens is 3. The van der Waals surface area contributed by atoms with Crippen molar-refractivity contribution < 1.29 is 4.79 Å². The van der Waals surface area contributed by atoms with Gasteiger partial charge in [0.15, 0.2) is 0 Å². The molecule has 2 saturated heterocycles. The lowest BCUT2D eigenvalue weighted by atomic mass is 9.75. The highest BCUT2D eigenvalue weighted by molar-refractivity contribution is 5.87. The van der Waals surface area contributed by atoms with Gasteiger partial charge in [-0.3, -0.25) is 4.79 Å². The van der Waals surface area contributed by atoms with E-state index in [0.717, 1.165) is 49.2 Å². The number of fused-ring (bicyclic) bond motifs is 1. The summed E-state index contributed by atoms with van der Waals surface area (Å²) in [5.41, 5.74) is 0.687. The molecular formula is C17H20N6O. The number of aromatic amines is 1. The molecule has 0 bridgehead atoms. The van der Waals surface area contributed by atoms with Gasteiger partial charge in [-0.25, -0.2) is 9.97 Å². The van der Waals surface area contributed by atoms with Crippen LogP contribution < -0.4 is 4.90 Å². The van der Waals surface area contributed by atoms with Gasteiger partial charge in [-0.05, 0) is 32.3 Å². The van der Waals surface area contributed by atoms with Crippen molar-refractivity contribution >= 4 is 22.8 Å². The van der Waals surface area contributed by atoms with Crippen molar-refractivity contribution in [2.24, 2.45) is 0 Å². The van der Waals surface area contributed by atoms with Gasteiger partial charge in [0, 0.05) is 25.3 Å². The maximum absolute atomic E-state index is 12.2. The van der Waals surface area contributed by atoms with Crippen LogP contribution in [-0.4, -0.2) is 50.4 Å². The number of nitrogens with zero attached hydrogens (tertiary/aromatic N) is 5. The highest BCUT2D eigenvalue weighted by Crippen LogP contribution is 2.42. The Hall–Kier alpha value is -2.62. The average Bonchev–Trinajstić information content (AvgIpc) is 3.03. The Morgan fingerprint density at radius 3 is 3.12 bits per heavy atom. The van der Waals surface area contributed by atoms with E-state index < -0.39 is 0 Å². The third-order valence-corrected chi connectivity index (χ3v) is 5.53. The van der Waals surface area contributed by atoms with Gasteiger partial charge in [-0.2, -0.15) is 5.26 Å². The molecule has 24 heavy (non-hydrogen) atoms. The zero-order chi connectivity index (χ0) is 16.7. The molecule has 2 aromatic heterocycles. The normalized spacial score (nSPS) is 26.4. The van der Waals surface area contributed by atoms with Gasteiger partial charge in [0.2, 0.25) is 5.91 Å². The fourth-order valence-electron chi connectivity index (χ4n) is 4.07. The van der Waals surface area contributed by atoms with Crippen molar-refractivity contribution in [3.8, 4) is 6.07 Å². The number of hydrogen-bond acceptors (Lipinski definition) is 5. The van der Waals surface area contributed by atoms with E-state index in [4.69, 9.17) is 5.26 Å². The summed E-state index contributed by atoms with van der Waals surface area (Å²) in [6, 6.07) is 4.34. The first-order chi connectivity index (χ1) is 11.6. The van der Waals surface area contributed by atoms with Crippen molar-refractivity contribution in [3.63, 3.8) is 0 Å². The van der Waals surface area contributed by atoms with Crippen LogP contribution in [0, 0.1) is 11.3 Å². The zero-order valence-corrected chi connectivity index (χ0v) is 13.7. The first kappa shape index (κ1) is 14.9. The molecule has 2 atom stereocenters. The number of piperidine rings is 1. The van der Waals surface area contributed by atoms with Gasteiger partial charge in [0.25, 0.3) is 0 Å². The Labute approximate surface area is 140 Å². The molecule has 7 nitrogen and oxygen atoms in total. The predicted molar refractivity (Wildman–Crippen MR) is 89.2 cm³/mol. The molecule has 0 radical (unpaired) electrons. The number of nitriles is 1. The van der Waals surface area contributed by atoms with Crippen molar-refractivity contribution in [1.29, 1.82) is 5.26 Å². The Kier molecular flexibility index (Phi) is 3.41. The number of rotatable bonds is 2. The SMILES string of the molecule is CC1CCC2(CCN2C(=O)CC#N)CN1c1ncnc2[nH]ccc12. The van der Waals surface area contributed by atoms with Crippen LogP contribution >= 0.6 is 0 Å². The monoisotopic (exact) mass is 324 g/mol. The fourth-order valence-corrected chi connectivity index (χ4v) is 4.07. The predicted octanol–water partition coefficient (Wildman–Crippen LogP) is 1.83. The lowest BCUT2D eigenvalue weighted by Gasteiger charge is -2.58. The van der Waals surface area contributed by atoms with E-state index in [-0.39, 0.29) is 17.9 Å². The summed E-state index contributed by atoms with van der Waals surface area (Å²) in [6.45, 7) is 3.72. The average molecular weight is 324 g/mol. The summed E-state index contributed by atoms with van der Waals surface area (Å²) in [5.74, 6) is 0.875. The molecule has 4 rings (SSSR count). The Morgan fingerprint density at radius 1 is 1.50 bits per heavy atom. The maximum atomic E-state index is 12.2. The topological polar surface area (TPSA) is 88.9 Å². The molecule has 1 N–H and O–H groups in total. The van der Waals surface area contributed by atoms with Crippen LogP contribution in [0.3, 0.4) is 0 Å². The number of likely N-dealkylation sites (tertiary alicyclic amines) is 1. The minimum atomic E-state index is -0.145. The summed E-state index contributed by atoms with van der Waals surface area (Å²) in [6.07, 6.45) is 6.41. The smallest absolute Gasteiger partial charge is 0.237 e. The number of anilines is 1. The number of H-pyrrole nitrogens is 1. The molecule has 124 valence electrons. The lowest BCUT2D eigenvalue weighted by Crippen LogP contribution is -2.69. The number of amides is 1. The molecular weight excluding hydrogens is 304 g/mol. The number of nitrogens with one attached hydrogen (secondary N) is 1. The summed E-state index contributed by atoms with van der Waals surface area (Å²) in [5, 5.41) is 9.84. The maximum Gasteiger partial charge on any atom is 0.237 e. The van der Waals surface area contributed by atoms with E-state index in [0.29, 0.717) is 6.04 Å². The first-order valence-electron chi connectivity index (χ1n) is 8.37. The van der Waals surface area contributed by atoms with Crippen LogP contribution in [0.25, 0.3) is 11.0 Å². The lowest BCUT2D eigenvalue weighted by molar-refractivity contribution is -0.147. The van der Waals surface area contributed by atoms with Crippen LogP contribution in [0.5, 0.6) is 0 Å². The fraction of sp³-hybridized carbons (Fsp3) is 0.529.